The minimum Gasteiger partial charge on any atom is -0.481 e. The summed E-state index contributed by atoms with van der Waals surface area (Å²) in [5.41, 5.74) is 3.19. The van der Waals surface area contributed by atoms with Crippen molar-refractivity contribution in [3.8, 4) is 0 Å². The van der Waals surface area contributed by atoms with E-state index in [4.69, 9.17) is 9.66 Å². The van der Waals surface area contributed by atoms with Gasteiger partial charge in [0.15, 0.2) is 0 Å². The first kappa shape index (κ1) is 21.8. The van der Waals surface area contributed by atoms with Crippen LogP contribution in [0.3, 0.4) is 0 Å². The van der Waals surface area contributed by atoms with Crippen LogP contribution in [0, 0.1) is 0 Å². The van der Waals surface area contributed by atoms with Crippen molar-refractivity contribution in [3.63, 3.8) is 0 Å². The molecule has 0 atom stereocenters. The number of fused-ring (bicyclic) bond motifs is 2. The number of nitrogens with one attached hydrogen (secondary N) is 1. The van der Waals surface area contributed by atoms with Gasteiger partial charge in [-0.15, -0.1) is 0 Å². The molecular weight excluding hydrogens is 408 g/mol. The summed E-state index contributed by atoms with van der Waals surface area (Å²) in [5.74, 6) is -2.02. The van der Waals surface area contributed by atoms with E-state index in [-0.39, 0.29) is 31.0 Å². The molecule has 0 saturated heterocycles. The van der Waals surface area contributed by atoms with Crippen molar-refractivity contribution in [2.24, 2.45) is 0 Å². The van der Waals surface area contributed by atoms with E-state index in [1.54, 1.807) is 0 Å². The summed E-state index contributed by atoms with van der Waals surface area (Å²) in [4.78, 5) is 25.7. The van der Waals surface area contributed by atoms with Crippen LogP contribution >= 0.6 is 0 Å². The first-order valence-corrected chi connectivity index (χ1v) is 11.3. The summed E-state index contributed by atoms with van der Waals surface area (Å²) in [6.45, 7) is 0.630. The van der Waals surface area contributed by atoms with E-state index in [1.165, 1.54) is 0 Å². The van der Waals surface area contributed by atoms with Crippen molar-refractivity contribution in [1.29, 1.82) is 0 Å². The van der Waals surface area contributed by atoms with Crippen LogP contribution in [-0.4, -0.2) is 48.8 Å². The standard InChI is InChI=1S/C21H24N2O6S/c24-19(25)11-5-12-22-21(26)20-15-7-1-3-9-17(15)23(13-6-14-30(27,28)29)18-10-4-2-8-16(18)20/h1-4,7-10,20H,5-6,11-14H2,(H,22,26)(H,24,25)(H,27,28,29). The molecule has 0 unspecified atom stereocenters. The van der Waals surface area contributed by atoms with Gasteiger partial charge in [0, 0.05) is 30.9 Å². The van der Waals surface area contributed by atoms with Crippen molar-refractivity contribution in [3.05, 3.63) is 59.7 Å². The normalized spacial score (nSPS) is 13.4. The summed E-state index contributed by atoms with van der Waals surface area (Å²) in [5, 5.41) is 11.6. The lowest BCUT2D eigenvalue weighted by molar-refractivity contribution is -0.137. The topological polar surface area (TPSA) is 124 Å². The van der Waals surface area contributed by atoms with Crippen LogP contribution in [0.2, 0.25) is 0 Å². The Morgan fingerprint density at radius 3 is 2.07 bits per heavy atom. The highest BCUT2D eigenvalue weighted by Gasteiger charge is 2.34. The Balaban J connectivity index is 1.88. The molecule has 1 aliphatic rings. The third-order valence-electron chi connectivity index (χ3n) is 4.99. The second kappa shape index (κ2) is 9.27. The highest BCUT2D eigenvalue weighted by molar-refractivity contribution is 7.85. The van der Waals surface area contributed by atoms with Gasteiger partial charge in [0.1, 0.15) is 0 Å². The van der Waals surface area contributed by atoms with Crippen molar-refractivity contribution in [1.82, 2.24) is 5.32 Å². The maximum absolute atomic E-state index is 13.0. The smallest absolute Gasteiger partial charge is 0.303 e. The number of carboxylic acids is 1. The number of hydrogen-bond acceptors (Lipinski definition) is 5. The van der Waals surface area contributed by atoms with Gasteiger partial charge in [0.2, 0.25) is 5.91 Å². The fourth-order valence-electron chi connectivity index (χ4n) is 3.73. The summed E-state index contributed by atoms with van der Waals surface area (Å²) in [7, 11) is -4.06. The van der Waals surface area contributed by atoms with Crippen molar-refractivity contribution in [2.75, 3.05) is 23.7 Å². The molecule has 2 aromatic rings. The Morgan fingerprint density at radius 2 is 1.53 bits per heavy atom. The number of para-hydroxylation sites is 2. The lowest BCUT2D eigenvalue weighted by Gasteiger charge is -2.37. The van der Waals surface area contributed by atoms with Gasteiger partial charge in [0.05, 0.1) is 11.7 Å². The van der Waals surface area contributed by atoms with E-state index in [2.05, 4.69) is 5.32 Å². The number of nitrogens with zero attached hydrogens (tertiary/aromatic N) is 1. The number of carbonyl (C=O) groups is 2. The van der Waals surface area contributed by atoms with E-state index in [9.17, 15) is 18.0 Å². The highest BCUT2D eigenvalue weighted by atomic mass is 32.2. The fraction of sp³-hybridized carbons (Fsp3) is 0.333. The number of hydrogen-bond donors (Lipinski definition) is 3. The lowest BCUT2D eigenvalue weighted by Crippen LogP contribution is -2.36. The van der Waals surface area contributed by atoms with Gasteiger partial charge in [-0.25, -0.2) is 0 Å². The molecule has 0 aromatic heterocycles. The fourth-order valence-corrected chi connectivity index (χ4v) is 4.23. The molecule has 9 heteroatoms. The number of anilines is 2. The van der Waals surface area contributed by atoms with Gasteiger partial charge in [-0.1, -0.05) is 36.4 Å². The molecule has 0 fully saturated rings. The summed E-state index contributed by atoms with van der Waals surface area (Å²) in [6, 6.07) is 14.9. The van der Waals surface area contributed by atoms with E-state index in [1.807, 2.05) is 53.4 Å². The molecule has 0 radical (unpaired) electrons. The molecule has 0 spiro atoms. The number of rotatable bonds is 9. The minimum absolute atomic E-state index is 0.0142. The van der Waals surface area contributed by atoms with E-state index >= 15 is 0 Å². The van der Waals surface area contributed by atoms with E-state index in [0.717, 1.165) is 22.5 Å². The summed E-state index contributed by atoms with van der Waals surface area (Å²) < 4.78 is 31.3. The number of benzene rings is 2. The number of carboxylic acid groups (broad SMARTS) is 1. The van der Waals surface area contributed by atoms with Crippen LogP contribution in [0.25, 0.3) is 0 Å². The van der Waals surface area contributed by atoms with Crippen molar-refractivity contribution < 1.29 is 27.7 Å². The molecular formula is C21H24N2O6S. The molecule has 3 N–H and O–H groups in total. The van der Waals surface area contributed by atoms with Gasteiger partial charge in [-0.05, 0) is 36.1 Å². The van der Waals surface area contributed by atoms with E-state index < -0.39 is 22.0 Å². The predicted molar refractivity (Wildman–Crippen MR) is 113 cm³/mol. The maximum atomic E-state index is 13.0. The Labute approximate surface area is 175 Å². The van der Waals surface area contributed by atoms with Gasteiger partial charge >= 0.3 is 5.97 Å². The van der Waals surface area contributed by atoms with Crippen LogP contribution in [0.15, 0.2) is 48.5 Å². The van der Waals surface area contributed by atoms with Crippen LogP contribution < -0.4 is 10.2 Å². The SMILES string of the molecule is O=C(O)CCCNC(=O)C1c2ccccc2N(CCCS(=O)(=O)O)c2ccccc21. The second-order valence-electron chi connectivity index (χ2n) is 7.13. The summed E-state index contributed by atoms with van der Waals surface area (Å²) in [6.07, 6.45) is 0.562. The van der Waals surface area contributed by atoms with Crippen LogP contribution in [0.1, 0.15) is 36.3 Å². The van der Waals surface area contributed by atoms with Crippen LogP contribution in [0.5, 0.6) is 0 Å². The molecule has 1 heterocycles. The van der Waals surface area contributed by atoms with Crippen LogP contribution in [-0.2, 0) is 19.7 Å². The molecule has 30 heavy (non-hydrogen) atoms. The zero-order chi connectivity index (χ0) is 21.7. The van der Waals surface area contributed by atoms with Gasteiger partial charge in [-0.3, -0.25) is 14.1 Å². The molecule has 2 aromatic carbocycles. The van der Waals surface area contributed by atoms with Gasteiger partial charge in [0.25, 0.3) is 10.1 Å². The quantitative estimate of drug-likeness (QED) is 0.411. The molecule has 1 amide bonds. The summed E-state index contributed by atoms with van der Waals surface area (Å²) >= 11 is 0. The van der Waals surface area contributed by atoms with Gasteiger partial charge in [-0.2, -0.15) is 8.42 Å². The van der Waals surface area contributed by atoms with Crippen LogP contribution in [0.4, 0.5) is 11.4 Å². The average Bonchev–Trinajstić information content (AvgIpc) is 2.69. The molecule has 0 aliphatic carbocycles. The molecule has 8 nitrogen and oxygen atoms in total. The average molecular weight is 432 g/mol. The zero-order valence-corrected chi connectivity index (χ0v) is 17.1. The van der Waals surface area contributed by atoms with Gasteiger partial charge < -0.3 is 15.3 Å². The number of carbonyl (C=O) groups excluding carboxylic acids is 1. The molecule has 0 bridgehead atoms. The largest absolute Gasteiger partial charge is 0.481 e. The van der Waals surface area contributed by atoms with E-state index in [0.29, 0.717) is 13.0 Å². The Morgan fingerprint density at radius 1 is 0.967 bits per heavy atom. The first-order valence-electron chi connectivity index (χ1n) is 9.68. The molecule has 1 aliphatic heterocycles. The third-order valence-corrected chi connectivity index (χ3v) is 5.79. The Kier molecular flexibility index (Phi) is 6.73. The second-order valence-corrected chi connectivity index (χ2v) is 8.70. The number of amides is 1. The minimum atomic E-state index is -4.06. The molecule has 160 valence electrons. The zero-order valence-electron chi connectivity index (χ0n) is 16.3. The first-order chi connectivity index (χ1) is 14.3. The molecule has 3 rings (SSSR count). The Bertz CT molecular complexity index is 990. The highest BCUT2D eigenvalue weighted by Crippen LogP contribution is 2.45. The predicted octanol–water partition coefficient (Wildman–Crippen LogP) is 2.53. The monoisotopic (exact) mass is 432 g/mol. The molecule has 0 saturated carbocycles. The maximum Gasteiger partial charge on any atom is 0.303 e. The lowest BCUT2D eigenvalue weighted by atomic mass is 9.84. The van der Waals surface area contributed by atoms with Crippen molar-refractivity contribution >= 4 is 33.4 Å². The Hall–Kier alpha value is -2.91. The van der Waals surface area contributed by atoms with Crippen molar-refractivity contribution in [2.45, 2.75) is 25.2 Å². The number of aliphatic carboxylic acids is 1. The third kappa shape index (κ3) is 5.17.